The second-order valence-corrected chi connectivity index (χ2v) is 5.92. The van der Waals surface area contributed by atoms with Crippen LogP contribution in [0.1, 0.15) is 42.4 Å². The summed E-state index contributed by atoms with van der Waals surface area (Å²) in [5.41, 5.74) is 4.02. The van der Waals surface area contributed by atoms with Crippen molar-refractivity contribution < 1.29 is 9.47 Å². The van der Waals surface area contributed by atoms with Crippen molar-refractivity contribution in [3.8, 4) is 11.5 Å². The summed E-state index contributed by atoms with van der Waals surface area (Å²) in [6, 6.07) is 15.0. The summed E-state index contributed by atoms with van der Waals surface area (Å²) in [4.78, 5) is 0. The van der Waals surface area contributed by atoms with Gasteiger partial charge in [0.25, 0.3) is 0 Å². The molecule has 2 nitrogen and oxygen atoms in total. The van der Waals surface area contributed by atoms with E-state index in [1.54, 1.807) is 14.2 Å². The fourth-order valence-corrected chi connectivity index (χ4v) is 2.65. The van der Waals surface area contributed by atoms with Gasteiger partial charge in [-0.15, -0.1) is 0 Å². The maximum atomic E-state index is 5.35. The van der Waals surface area contributed by atoms with Gasteiger partial charge in [-0.05, 0) is 55.4 Å². The van der Waals surface area contributed by atoms with E-state index in [4.69, 9.17) is 9.47 Å². The molecule has 2 aromatic rings. The third kappa shape index (κ3) is 4.52. The van der Waals surface area contributed by atoms with Crippen LogP contribution in [0, 0.1) is 6.92 Å². The highest BCUT2D eigenvalue weighted by Crippen LogP contribution is 2.29. The largest absolute Gasteiger partial charge is 0.497 e. The molecule has 118 valence electrons. The lowest BCUT2D eigenvalue weighted by molar-refractivity contribution is 0.392. The molecule has 0 fully saturated rings. The Morgan fingerprint density at radius 2 is 1.50 bits per heavy atom. The first-order valence-electron chi connectivity index (χ1n) is 7.91. The molecule has 0 aliphatic heterocycles. The number of hydrogen-bond donors (Lipinski definition) is 0. The number of aryl methyl sites for hydroxylation is 2. The summed E-state index contributed by atoms with van der Waals surface area (Å²) in [6.07, 6.45) is 3.47. The van der Waals surface area contributed by atoms with E-state index in [9.17, 15) is 0 Å². The fraction of sp³-hybridized carbons (Fsp3) is 0.400. The highest BCUT2D eigenvalue weighted by Gasteiger charge is 2.09. The van der Waals surface area contributed by atoms with Crippen molar-refractivity contribution in [3.05, 3.63) is 59.2 Å². The lowest BCUT2D eigenvalue weighted by Gasteiger charge is -2.15. The summed E-state index contributed by atoms with van der Waals surface area (Å²) in [7, 11) is 3.39. The molecule has 0 spiro atoms. The number of hydrogen-bond acceptors (Lipinski definition) is 2. The zero-order valence-electron chi connectivity index (χ0n) is 14.1. The predicted molar refractivity (Wildman–Crippen MR) is 92.1 cm³/mol. The van der Waals surface area contributed by atoms with E-state index in [1.165, 1.54) is 23.1 Å². The van der Waals surface area contributed by atoms with Crippen LogP contribution in [0.25, 0.3) is 0 Å². The molecule has 0 heterocycles. The lowest BCUT2D eigenvalue weighted by Crippen LogP contribution is -1.98. The molecule has 0 saturated heterocycles. The van der Waals surface area contributed by atoms with Gasteiger partial charge < -0.3 is 9.47 Å². The van der Waals surface area contributed by atoms with Gasteiger partial charge in [0.1, 0.15) is 11.5 Å². The van der Waals surface area contributed by atoms with Crippen molar-refractivity contribution in [1.29, 1.82) is 0 Å². The third-order valence-electron chi connectivity index (χ3n) is 4.17. The minimum atomic E-state index is 0.495. The van der Waals surface area contributed by atoms with E-state index in [1.807, 2.05) is 6.07 Å². The number of methoxy groups -OCH3 is 2. The summed E-state index contributed by atoms with van der Waals surface area (Å²) in [5, 5.41) is 0. The third-order valence-corrected chi connectivity index (χ3v) is 4.17. The monoisotopic (exact) mass is 298 g/mol. The zero-order valence-corrected chi connectivity index (χ0v) is 14.1. The topological polar surface area (TPSA) is 18.5 Å². The Kier molecular flexibility index (Phi) is 5.88. The predicted octanol–water partition coefficient (Wildman–Crippen LogP) is 5.14. The maximum absolute atomic E-state index is 5.35. The number of rotatable bonds is 7. The van der Waals surface area contributed by atoms with Crippen LogP contribution in [0.15, 0.2) is 42.5 Å². The molecule has 0 unspecified atom stereocenters. The van der Waals surface area contributed by atoms with Crippen LogP contribution in [-0.2, 0) is 6.42 Å². The van der Waals surface area contributed by atoms with Crippen molar-refractivity contribution in [1.82, 2.24) is 0 Å². The summed E-state index contributed by atoms with van der Waals surface area (Å²) < 4.78 is 10.7. The highest BCUT2D eigenvalue weighted by atomic mass is 16.5. The van der Waals surface area contributed by atoms with Crippen LogP contribution in [0.2, 0.25) is 0 Å². The average molecular weight is 298 g/mol. The first-order valence-corrected chi connectivity index (χ1v) is 7.91. The molecule has 0 aliphatic carbocycles. The highest BCUT2D eigenvalue weighted by molar-refractivity contribution is 5.39. The van der Waals surface area contributed by atoms with Gasteiger partial charge in [-0.2, -0.15) is 0 Å². The molecule has 0 aliphatic rings. The second-order valence-electron chi connectivity index (χ2n) is 5.92. The van der Waals surface area contributed by atoms with Crippen LogP contribution in [0.3, 0.4) is 0 Å². The van der Waals surface area contributed by atoms with Crippen molar-refractivity contribution in [3.63, 3.8) is 0 Å². The van der Waals surface area contributed by atoms with Gasteiger partial charge in [-0.3, -0.25) is 0 Å². The van der Waals surface area contributed by atoms with E-state index in [-0.39, 0.29) is 0 Å². The van der Waals surface area contributed by atoms with Crippen molar-refractivity contribution >= 4 is 0 Å². The first-order chi connectivity index (χ1) is 10.6. The van der Waals surface area contributed by atoms with E-state index in [0.29, 0.717) is 5.92 Å². The minimum absolute atomic E-state index is 0.495. The van der Waals surface area contributed by atoms with Gasteiger partial charge in [0.15, 0.2) is 0 Å². The van der Waals surface area contributed by atoms with Crippen molar-refractivity contribution in [2.75, 3.05) is 14.2 Å². The van der Waals surface area contributed by atoms with E-state index < -0.39 is 0 Å². The van der Waals surface area contributed by atoms with Crippen molar-refractivity contribution in [2.24, 2.45) is 0 Å². The van der Waals surface area contributed by atoms with Crippen LogP contribution in [0.5, 0.6) is 11.5 Å². The Labute approximate surface area is 134 Å². The van der Waals surface area contributed by atoms with Crippen LogP contribution >= 0.6 is 0 Å². The molecule has 0 radical (unpaired) electrons. The zero-order chi connectivity index (χ0) is 15.9. The molecular weight excluding hydrogens is 272 g/mol. The smallest absolute Gasteiger partial charge is 0.122 e. The van der Waals surface area contributed by atoms with E-state index >= 15 is 0 Å². The second kappa shape index (κ2) is 7.88. The SMILES string of the molecule is COc1cc(OC)cc([C@@H](C)CCCc2ccc(C)cc2)c1. The van der Waals surface area contributed by atoms with Gasteiger partial charge in [0.05, 0.1) is 14.2 Å². The average Bonchev–Trinajstić information content (AvgIpc) is 2.56. The molecule has 2 aromatic carbocycles. The molecule has 0 saturated carbocycles. The van der Waals surface area contributed by atoms with Gasteiger partial charge in [0, 0.05) is 6.07 Å². The molecule has 0 bridgehead atoms. The van der Waals surface area contributed by atoms with Gasteiger partial charge in [0.2, 0.25) is 0 Å². The Morgan fingerprint density at radius 3 is 2.05 bits per heavy atom. The molecule has 0 amide bonds. The van der Waals surface area contributed by atoms with E-state index in [0.717, 1.165) is 24.3 Å². The standard InChI is InChI=1S/C20H26O2/c1-15-8-10-17(11-9-15)7-5-6-16(2)18-12-19(21-3)14-20(13-18)22-4/h8-14,16H,5-7H2,1-4H3/t16-/m0/s1. The normalized spacial score (nSPS) is 12.0. The molecule has 22 heavy (non-hydrogen) atoms. The summed E-state index contributed by atoms with van der Waals surface area (Å²) >= 11 is 0. The quantitative estimate of drug-likeness (QED) is 0.704. The van der Waals surface area contributed by atoms with Crippen LogP contribution in [0.4, 0.5) is 0 Å². The molecular formula is C20H26O2. The van der Waals surface area contributed by atoms with Crippen LogP contribution < -0.4 is 9.47 Å². The molecule has 2 heteroatoms. The maximum Gasteiger partial charge on any atom is 0.122 e. The number of ether oxygens (including phenoxy) is 2. The van der Waals surface area contributed by atoms with Gasteiger partial charge >= 0.3 is 0 Å². The van der Waals surface area contributed by atoms with Gasteiger partial charge in [-0.1, -0.05) is 36.8 Å². The Morgan fingerprint density at radius 1 is 0.909 bits per heavy atom. The van der Waals surface area contributed by atoms with Crippen LogP contribution in [-0.4, -0.2) is 14.2 Å². The molecule has 1 atom stereocenters. The van der Waals surface area contributed by atoms with E-state index in [2.05, 4.69) is 50.2 Å². The summed E-state index contributed by atoms with van der Waals surface area (Å²) in [6.45, 7) is 4.39. The fourth-order valence-electron chi connectivity index (χ4n) is 2.65. The molecule has 0 N–H and O–H groups in total. The number of benzene rings is 2. The molecule has 0 aromatic heterocycles. The lowest BCUT2D eigenvalue weighted by atomic mass is 9.94. The minimum Gasteiger partial charge on any atom is -0.497 e. The molecule has 2 rings (SSSR count). The van der Waals surface area contributed by atoms with Gasteiger partial charge in [-0.25, -0.2) is 0 Å². The Bertz CT molecular complexity index is 565. The Balaban J connectivity index is 1.94. The summed E-state index contributed by atoms with van der Waals surface area (Å²) in [5.74, 6) is 2.22. The van der Waals surface area contributed by atoms with Crippen molar-refractivity contribution in [2.45, 2.75) is 39.0 Å². The first kappa shape index (κ1) is 16.4. The Hall–Kier alpha value is -1.96.